The molecule has 0 aliphatic rings. The number of carbonyl (C=O) groups excluding carboxylic acids is 1. The molecule has 0 aliphatic heterocycles. The number of rotatable bonds is 1. The molecule has 3 nitrogen and oxygen atoms in total. The monoisotopic (exact) mass is 293 g/mol. The van der Waals surface area contributed by atoms with Crippen molar-refractivity contribution in [3.63, 3.8) is 0 Å². The van der Waals surface area contributed by atoms with E-state index in [2.05, 4.69) is 10.3 Å². The SMILES string of the molecule is C[NH+]=C(NC(=O)c1cccc(C)c1)C(Cl)(Cl)Cl. The zero-order valence-electron chi connectivity index (χ0n) is 9.35. The van der Waals surface area contributed by atoms with Gasteiger partial charge in [-0.2, -0.15) is 0 Å². The lowest BCUT2D eigenvalue weighted by Crippen LogP contribution is -2.75. The van der Waals surface area contributed by atoms with E-state index in [4.69, 9.17) is 34.8 Å². The number of amides is 1. The number of aryl methyl sites for hydroxylation is 1. The highest BCUT2D eigenvalue weighted by Gasteiger charge is 2.35. The molecule has 0 aliphatic carbocycles. The maximum atomic E-state index is 11.9. The summed E-state index contributed by atoms with van der Waals surface area (Å²) in [5.74, 6) is -0.210. The van der Waals surface area contributed by atoms with Gasteiger partial charge in [-0.25, -0.2) is 10.1 Å². The summed E-state index contributed by atoms with van der Waals surface area (Å²) in [6.07, 6.45) is 0. The van der Waals surface area contributed by atoms with Gasteiger partial charge < -0.3 is 0 Å². The average Bonchev–Trinajstić information content (AvgIpc) is 2.23. The molecule has 0 aromatic heterocycles. The van der Waals surface area contributed by atoms with Crippen LogP contribution in [-0.4, -0.2) is 22.6 Å². The van der Waals surface area contributed by atoms with Gasteiger partial charge in [0.2, 0.25) is 0 Å². The second kappa shape index (κ2) is 5.71. The van der Waals surface area contributed by atoms with Crippen LogP contribution in [0.4, 0.5) is 0 Å². The average molecular weight is 295 g/mol. The Kier molecular flexibility index (Phi) is 4.80. The van der Waals surface area contributed by atoms with Gasteiger partial charge in [-0.1, -0.05) is 52.5 Å². The molecule has 0 heterocycles. The van der Waals surface area contributed by atoms with Gasteiger partial charge in [-0.05, 0) is 19.1 Å². The highest BCUT2D eigenvalue weighted by Crippen LogP contribution is 2.25. The molecule has 92 valence electrons. The van der Waals surface area contributed by atoms with E-state index in [1.807, 2.05) is 13.0 Å². The Balaban J connectivity index is 2.87. The van der Waals surface area contributed by atoms with Crippen molar-refractivity contribution >= 4 is 46.5 Å². The third-order valence-corrected chi connectivity index (χ3v) is 2.62. The molecule has 2 N–H and O–H groups in total. The van der Waals surface area contributed by atoms with Crippen LogP contribution >= 0.6 is 34.8 Å². The van der Waals surface area contributed by atoms with Gasteiger partial charge in [0.25, 0.3) is 3.79 Å². The highest BCUT2D eigenvalue weighted by molar-refractivity contribution is 6.76. The predicted octanol–water partition coefficient (Wildman–Crippen LogP) is 1.20. The zero-order valence-corrected chi connectivity index (χ0v) is 11.6. The van der Waals surface area contributed by atoms with Gasteiger partial charge in [0, 0.05) is 0 Å². The van der Waals surface area contributed by atoms with Crippen molar-refractivity contribution in [2.45, 2.75) is 10.7 Å². The Morgan fingerprint density at radius 3 is 2.47 bits per heavy atom. The summed E-state index contributed by atoms with van der Waals surface area (Å²) in [5, 5.41) is 2.52. The van der Waals surface area contributed by atoms with Gasteiger partial charge in [0.15, 0.2) is 0 Å². The summed E-state index contributed by atoms with van der Waals surface area (Å²) in [7, 11) is 1.56. The van der Waals surface area contributed by atoms with E-state index < -0.39 is 3.79 Å². The van der Waals surface area contributed by atoms with E-state index in [0.717, 1.165) is 5.56 Å². The van der Waals surface area contributed by atoms with Gasteiger partial charge >= 0.3 is 11.7 Å². The lowest BCUT2D eigenvalue weighted by atomic mass is 10.1. The van der Waals surface area contributed by atoms with Gasteiger partial charge in [-0.3, -0.25) is 4.99 Å². The summed E-state index contributed by atoms with van der Waals surface area (Å²) in [5.41, 5.74) is 1.49. The van der Waals surface area contributed by atoms with Crippen molar-refractivity contribution in [3.8, 4) is 0 Å². The molecule has 0 spiro atoms. The Bertz CT molecular complexity index is 452. The molecule has 0 fully saturated rings. The molecule has 1 rings (SSSR count). The largest absolute Gasteiger partial charge is 0.338 e. The van der Waals surface area contributed by atoms with E-state index in [0.29, 0.717) is 5.56 Å². The summed E-state index contributed by atoms with van der Waals surface area (Å²) in [4.78, 5) is 14.5. The molecule has 1 aromatic carbocycles. The van der Waals surface area contributed by atoms with Crippen molar-refractivity contribution < 1.29 is 9.79 Å². The van der Waals surface area contributed by atoms with Gasteiger partial charge in [0.1, 0.15) is 0 Å². The number of carbonyl (C=O) groups is 1. The van der Waals surface area contributed by atoms with Crippen LogP contribution < -0.4 is 10.3 Å². The number of amidine groups is 1. The first kappa shape index (κ1) is 14.3. The Labute approximate surface area is 115 Å². The highest BCUT2D eigenvalue weighted by atomic mass is 35.6. The van der Waals surface area contributed by atoms with Crippen molar-refractivity contribution in [1.29, 1.82) is 0 Å². The summed E-state index contributed by atoms with van der Waals surface area (Å²) >= 11 is 17.0. The molecule has 1 amide bonds. The number of halogens is 3. The first-order valence-electron chi connectivity index (χ1n) is 4.84. The van der Waals surface area contributed by atoms with Crippen LogP contribution in [0.25, 0.3) is 0 Å². The van der Waals surface area contributed by atoms with Crippen LogP contribution in [0.15, 0.2) is 24.3 Å². The number of benzene rings is 1. The number of alkyl halides is 3. The van der Waals surface area contributed by atoms with E-state index in [9.17, 15) is 4.79 Å². The fraction of sp³-hybridized carbons (Fsp3) is 0.273. The van der Waals surface area contributed by atoms with E-state index >= 15 is 0 Å². The molecular weight excluding hydrogens is 282 g/mol. The Morgan fingerprint density at radius 1 is 1.35 bits per heavy atom. The minimum atomic E-state index is -1.69. The van der Waals surface area contributed by atoms with Crippen LogP contribution in [0.5, 0.6) is 0 Å². The second-order valence-electron chi connectivity index (χ2n) is 3.45. The van der Waals surface area contributed by atoms with Crippen LogP contribution in [0.2, 0.25) is 0 Å². The maximum Gasteiger partial charge on any atom is 0.338 e. The minimum Gasteiger partial charge on any atom is -0.277 e. The van der Waals surface area contributed by atoms with Gasteiger partial charge in [-0.15, -0.1) is 0 Å². The van der Waals surface area contributed by atoms with Crippen molar-refractivity contribution in [1.82, 2.24) is 5.32 Å². The van der Waals surface area contributed by atoms with E-state index in [-0.39, 0.29) is 11.7 Å². The van der Waals surface area contributed by atoms with Crippen LogP contribution in [0.3, 0.4) is 0 Å². The van der Waals surface area contributed by atoms with Crippen LogP contribution in [-0.2, 0) is 0 Å². The van der Waals surface area contributed by atoms with Crippen LogP contribution in [0, 0.1) is 6.92 Å². The maximum absolute atomic E-state index is 11.9. The molecule has 0 saturated heterocycles. The summed E-state index contributed by atoms with van der Waals surface area (Å²) < 4.78 is -1.69. The molecule has 0 unspecified atom stereocenters. The Hall–Kier alpha value is -0.770. The standard InChI is InChI=1S/C11H11Cl3N2O/c1-7-4-3-5-8(6-7)9(17)16-10(15-2)11(12,13)14/h3-6H,1-2H3,(H,15,16,17)/p+1. The normalized spacial score (nSPS) is 12.4. The lowest BCUT2D eigenvalue weighted by Gasteiger charge is -2.08. The van der Waals surface area contributed by atoms with E-state index in [1.54, 1.807) is 25.2 Å². The molecule has 0 bridgehead atoms. The second-order valence-corrected chi connectivity index (χ2v) is 5.73. The smallest absolute Gasteiger partial charge is 0.277 e. The first-order valence-corrected chi connectivity index (χ1v) is 5.98. The number of nitrogens with one attached hydrogen (secondary N) is 2. The molecular formula is C11H12Cl3N2O+. The summed E-state index contributed by atoms with van der Waals surface area (Å²) in [6, 6.07) is 7.13. The first-order chi connectivity index (χ1) is 7.84. The molecule has 17 heavy (non-hydrogen) atoms. The predicted molar refractivity (Wildman–Crippen MR) is 70.8 cm³/mol. The summed E-state index contributed by atoms with van der Waals surface area (Å²) in [6.45, 7) is 1.90. The minimum absolute atomic E-state index is 0.119. The molecule has 0 saturated carbocycles. The zero-order chi connectivity index (χ0) is 13.1. The third kappa shape index (κ3) is 4.19. The molecule has 0 radical (unpaired) electrons. The Morgan fingerprint density at radius 2 is 2.00 bits per heavy atom. The molecule has 0 atom stereocenters. The fourth-order valence-corrected chi connectivity index (χ4v) is 1.67. The number of hydrogen-bond acceptors (Lipinski definition) is 1. The quantitative estimate of drug-likeness (QED) is 0.456. The number of hydrogen-bond donors (Lipinski definition) is 2. The molecule has 6 heteroatoms. The van der Waals surface area contributed by atoms with E-state index in [1.165, 1.54) is 0 Å². The van der Waals surface area contributed by atoms with Crippen LogP contribution in [0.1, 0.15) is 15.9 Å². The van der Waals surface area contributed by atoms with Crippen molar-refractivity contribution in [3.05, 3.63) is 35.4 Å². The fourth-order valence-electron chi connectivity index (χ4n) is 1.25. The topological polar surface area (TPSA) is 43.1 Å². The van der Waals surface area contributed by atoms with Crippen molar-refractivity contribution in [2.75, 3.05) is 7.05 Å². The van der Waals surface area contributed by atoms with Gasteiger partial charge in [0.05, 0.1) is 12.6 Å². The third-order valence-electron chi connectivity index (χ3n) is 2.05. The lowest BCUT2D eigenvalue weighted by molar-refractivity contribution is -0.423. The molecule has 1 aromatic rings. The van der Waals surface area contributed by atoms with Crippen molar-refractivity contribution in [2.24, 2.45) is 0 Å².